The first-order chi connectivity index (χ1) is 7.15. The van der Waals surface area contributed by atoms with Gasteiger partial charge in [-0.05, 0) is 31.7 Å². The van der Waals surface area contributed by atoms with E-state index in [2.05, 4.69) is 25.8 Å². The van der Waals surface area contributed by atoms with Gasteiger partial charge in [0.2, 0.25) is 0 Å². The molecule has 0 bridgehead atoms. The van der Waals surface area contributed by atoms with E-state index in [4.69, 9.17) is 0 Å². The van der Waals surface area contributed by atoms with E-state index in [1.807, 2.05) is 0 Å². The Hall–Kier alpha value is -0.0800. The molecule has 0 aromatic heterocycles. The van der Waals surface area contributed by atoms with E-state index in [0.717, 1.165) is 12.6 Å². The van der Waals surface area contributed by atoms with Crippen molar-refractivity contribution in [2.75, 3.05) is 20.2 Å². The first-order valence-electron chi connectivity index (χ1n) is 6.46. The van der Waals surface area contributed by atoms with Gasteiger partial charge in [-0.25, -0.2) is 0 Å². The Bertz CT molecular complexity index is 164. The number of rotatable bonds is 5. The van der Waals surface area contributed by atoms with Crippen molar-refractivity contribution in [3.8, 4) is 0 Å². The summed E-state index contributed by atoms with van der Waals surface area (Å²) in [6.07, 6.45) is 6.90. The van der Waals surface area contributed by atoms with E-state index >= 15 is 0 Å². The molecular formula is C13H27NO. The lowest BCUT2D eigenvalue weighted by atomic mass is 9.91. The van der Waals surface area contributed by atoms with Gasteiger partial charge in [-0.15, -0.1) is 0 Å². The highest BCUT2D eigenvalue weighted by Gasteiger charge is 2.21. The molecule has 0 spiro atoms. The largest absolute Gasteiger partial charge is 0.396 e. The predicted octanol–water partition coefficient (Wildman–Crippen LogP) is 2.52. The molecule has 1 N–H and O–H groups in total. The minimum Gasteiger partial charge on any atom is -0.396 e. The number of hydrogen-bond donors (Lipinski definition) is 1. The molecule has 2 heteroatoms. The van der Waals surface area contributed by atoms with Crippen LogP contribution in [0.4, 0.5) is 0 Å². The maximum Gasteiger partial charge on any atom is 0.0473 e. The molecule has 0 aliphatic heterocycles. The van der Waals surface area contributed by atoms with Crippen molar-refractivity contribution in [1.29, 1.82) is 0 Å². The molecule has 1 atom stereocenters. The maximum atomic E-state index is 9.32. The van der Waals surface area contributed by atoms with E-state index in [1.54, 1.807) is 0 Å². The zero-order valence-electron chi connectivity index (χ0n) is 10.6. The molecule has 0 heterocycles. The molecule has 2 nitrogen and oxygen atoms in total. The number of nitrogens with zero attached hydrogens (tertiary/aromatic N) is 1. The Kier molecular flexibility index (Phi) is 5.62. The Morgan fingerprint density at radius 1 is 1.20 bits per heavy atom. The second-order valence-corrected chi connectivity index (χ2v) is 5.42. The number of aliphatic hydroxyl groups is 1. The van der Waals surface area contributed by atoms with E-state index in [1.165, 1.54) is 32.1 Å². The summed E-state index contributed by atoms with van der Waals surface area (Å²) >= 11 is 0. The van der Waals surface area contributed by atoms with Crippen LogP contribution in [0.3, 0.4) is 0 Å². The van der Waals surface area contributed by atoms with Crippen molar-refractivity contribution < 1.29 is 5.11 Å². The van der Waals surface area contributed by atoms with Gasteiger partial charge in [0.25, 0.3) is 0 Å². The minimum absolute atomic E-state index is 0.328. The van der Waals surface area contributed by atoms with Gasteiger partial charge < -0.3 is 10.0 Å². The summed E-state index contributed by atoms with van der Waals surface area (Å²) in [5, 5.41) is 9.32. The molecule has 1 fully saturated rings. The SMILES string of the molecule is CC(C)C(CO)CN(C)C1CCCCC1. The summed E-state index contributed by atoms with van der Waals surface area (Å²) in [6, 6.07) is 0.770. The summed E-state index contributed by atoms with van der Waals surface area (Å²) in [7, 11) is 2.22. The predicted molar refractivity (Wildman–Crippen MR) is 64.9 cm³/mol. The highest BCUT2D eigenvalue weighted by atomic mass is 16.3. The van der Waals surface area contributed by atoms with Crippen molar-refractivity contribution in [2.45, 2.75) is 52.0 Å². The quantitative estimate of drug-likeness (QED) is 0.758. The molecule has 0 aromatic carbocycles. The van der Waals surface area contributed by atoms with Crippen molar-refractivity contribution in [3.63, 3.8) is 0 Å². The van der Waals surface area contributed by atoms with Gasteiger partial charge in [0.1, 0.15) is 0 Å². The van der Waals surface area contributed by atoms with Crippen LogP contribution in [0.2, 0.25) is 0 Å². The average molecular weight is 213 g/mol. The average Bonchev–Trinajstić information content (AvgIpc) is 2.26. The van der Waals surface area contributed by atoms with Crippen LogP contribution in [0.5, 0.6) is 0 Å². The van der Waals surface area contributed by atoms with Crippen LogP contribution in [0.25, 0.3) is 0 Å². The lowest BCUT2D eigenvalue weighted by Gasteiger charge is -2.34. The fourth-order valence-electron chi connectivity index (χ4n) is 2.52. The molecule has 1 rings (SSSR count). The maximum absolute atomic E-state index is 9.32. The van der Waals surface area contributed by atoms with Gasteiger partial charge in [-0.2, -0.15) is 0 Å². The zero-order chi connectivity index (χ0) is 11.3. The molecule has 90 valence electrons. The van der Waals surface area contributed by atoms with Crippen LogP contribution in [0.1, 0.15) is 46.0 Å². The van der Waals surface area contributed by atoms with Gasteiger partial charge in [0.05, 0.1) is 0 Å². The first kappa shape index (κ1) is 13.0. The third-order valence-corrected chi connectivity index (χ3v) is 3.90. The van der Waals surface area contributed by atoms with Crippen LogP contribution in [0.15, 0.2) is 0 Å². The van der Waals surface area contributed by atoms with Crippen LogP contribution in [0, 0.1) is 11.8 Å². The van der Waals surface area contributed by atoms with Crippen LogP contribution < -0.4 is 0 Å². The molecule has 1 unspecified atom stereocenters. The summed E-state index contributed by atoms with van der Waals surface area (Å²) in [6.45, 7) is 5.79. The van der Waals surface area contributed by atoms with Crippen molar-refractivity contribution >= 4 is 0 Å². The second-order valence-electron chi connectivity index (χ2n) is 5.42. The molecule has 1 saturated carbocycles. The standard InChI is InChI=1S/C13H27NO/c1-11(2)12(10-15)9-14(3)13-7-5-4-6-8-13/h11-13,15H,4-10H2,1-3H3. The molecular weight excluding hydrogens is 186 g/mol. The van der Waals surface area contributed by atoms with Crippen LogP contribution >= 0.6 is 0 Å². The van der Waals surface area contributed by atoms with Gasteiger partial charge >= 0.3 is 0 Å². The van der Waals surface area contributed by atoms with Gasteiger partial charge in [0, 0.05) is 19.2 Å². The first-order valence-corrected chi connectivity index (χ1v) is 6.46. The minimum atomic E-state index is 0.328. The van der Waals surface area contributed by atoms with Crippen molar-refractivity contribution in [1.82, 2.24) is 4.90 Å². The molecule has 15 heavy (non-hydrogen) atoms. The highest BCUT2D eigenvalue weighted by molar-refractivity contribution is 4.76. The van der Waals surface area contributed by atoms with Gasteiger partial charge in [0.15, 0.2) is 0 Å². The van der Waals surface area contributed by atoms with Crippen molar-refractivity contribution in [2.24, 2.45) is 11.8 Å². The summed E-state index contributed by atoms with van der Waals surface area (Å²) < 4.78 is 0. The summed E-state index contributed by atoms with van der Waals surface area (Å²) in [5.41, 5.74) is 0. The zero-order valence-corrected chi connectivity index (χ0v) is 10.6. The Morgan fingerprint density at radius 2 is 1.80 bits per heavy atom. The topological polar surface area (TPSA) is 23.5 Å². The molecule has 0 radical (unpaired) electrons. The molecule has 1 aliphatic rings. The molecule has 0 aromatic rings. The van der Waals surface area contributed by atoms with Gasteiger partial charge in [-0.1, -0.05) is 33.1 Å². The lowest BCUT2D eigenvalue weighted by Crippen LogP contribution is -2.39. The fourth-order valence-corrected chi connectivity index (χ4v) is 2.52. The molecule has 0 saturated heterocycles. The third-order valence-electron chi connectivity index (χ3n) is 3.90. The van der Waals surface area contributed by atoms with E-state index < -0.39 is 0 Å². The molecule has 0 amide bonds. The number of hydrogen-bond acceptors (Lipinski definition) is 2. The van der Waals surface area contributed by atoms with Crippen LogP contribution in [-0.2, 0) is 0 Å². The lowest BCUT2D eigenvalue weighted by molar-refractivity contribution is 0.109. The second kappa shape index (κ2) is 6.49. The Morgan fingerprint density at radius 3 is 2.27 bits per heavy atom. The van der Waals surface area contributed by atoms with E-state index in [-0.39, 0.29) is 0 Å². The highest BCUT2D eigenvalue weighted by Crippen LogP contribution is 2.23. The van der Waals surface area contributed by atoms with Crippen LogP contribution in [-0.4, -0.2) is 36.2 Å². The summed E-state index contributed by atoms with van der Waals surface area (Å²) in [4.78, 5) is 2.47. The Labute approximate surface area is 94.7 Å². The van der Waals surface area contributed by atoms with E-state index in [0.29, 0.717) is 18.4 Å². The Balaban J connectivity index is 2.34. The van der Waals surface area contributed by atoms with Gasteiger partial charge in [-0.3, -0.25) is 0 Å². The van der Waals surface area contributed by atoms with Crippen molar-refractivity contribution in [3.05, 3.63) is 0 Å². The number of aliphatic hydroxyl groups excluding tert-OH is 1. The van der Waals surface area contributed by atoms with E-state index in [9.17, 15) is 5.11 Å². The fraction of sp³-hybridized carbons (Fsp3) is 1.00. The third kappa shape index (κ3) is 4.12. The normalized spacial score (nSPS) is 21.2. The molecule has 1 aliphatic carbocycles. The summed E-state index contributed by atoms with van der Waals surface area (Å²) in [5.74, 6) is 1.03. The smallest absolute Gasteiger partial charge is 0.0473 e. The monoisotopic (exact) mass is 213 g/mol.